The van der Waals surface area contributed by atoms with E-state index in [2.05, 4.69) is 15.9 Å². The van der Waals surface area contributed by atoms with Crippen molar-refractivity contribution in [2.45, 2.75) is 13.8 Å². The van der Waals surface area contributed by atoms with Gasteiger partial charge in [0.15, 0.2) is 17.3 Å². The van der Waals surface area contributed by atoms with Gasteiger partial charge in [-0.2, -0.15) is 0 Å². The number of benzene rings is 2. The topological polar surface area (TPSA) is 61.8 Å². The molecule has 0 bridgehead atoms. The number of ether oxygens (including phenoxy) is 3. The monoisotopic (exact) mass is 392 g/mol. The van der Waals surface area contributed by atoms with Gasteiger partial charge in [-0.05, 0) is 66.2 Å². The summed E-state index contributed by atoms with van der Waals surface area (Å²) in [6, 6.07) is 9.55. The van der Waals surface area contributed by atoms with Crippen LogP contribution >= 0.6 is 15.9 Å². The number of ketones is 1. The van der Waals surface area contributed by atoms with Crippen molar-refractivity contribution < 1.29 is 23.8 Å². The minimum Gasteiger partial charge on any atom is -0.493 e. The van der Waals surface area contributed by atoms with E-state index in [1.165, 1.54) is 14.0 Å². The van der Waals surface area contributed by atoms with Crippen LogP contribution in [-0.4, -0.2) is 25.5 Å². The number of esters is 1. The van der Waals surface area contributed by atoms with Crippen LogP contribution in [0.5, 0.6) is 17.2 Å². The van der Waals surface area contributed by atoms with Crippen molar-refractivity contribution in [2.24, 2.45) is 0 Å². The fourth-order valence-electron chi connectivity index (χ4n) is 2.05. The maximum atomic E-state index is 12.3. The summed E-state index contributed by atoms with van der Waals surface area (Å²) in [5.74, 6) is 0.738. The second kappa shape index (κ2) is 7.97. The molecule has 0 fully saturated rings. The number of carbonyl (C=O) groups is 2. The van der Waals surface area contributed by atoms with Gasteiger partial charge in [-0.25, -0.2) is 4.79 Å². The van der Waals surface area contributed by atoms with E-state index >= 15 is 0 Å². The molecular formula is C18H17BrO5. The van der Waals surface area contributed by atoms with Crippen LogP contribution in [0.1, 0.15) is 34.6 Å². The molecule has 5 nitrogen and oxygen atoms in total. The van der Waals surface area contributed by atoms with Gasteiger partial charge in [-0.1, -0.05) is 0 Å². The van der Waals surface area contributed by atoms with Gasteiger partial charge >= 0.3 is 5.97 Å². The molecule has 0 saturated heterocycles. The predicted molar refractivity (Wildman–Crippen MR) is 93.3 cm³/mol. The third-order valence-electron chi connectivity index (χ3n) is 3.23. The Morgan fingerprint density at radius 3 is 2.29 bits per heavy atom. The summed E-state index contributed by atoms with van der Waals surface area (Å²) in [5.41, 5.74) is 0.873. The standard InChI is InChI=1S/C18H17BrO5/c1-4-23-17-15(19)9-13(10-16(17)22-3)18(21)24-14-7-5-12(6-8-14)11(2)20/h5-10H,4H2,1-3H3. The molecule has 0 atom stereocenters. The molecule has 0 aliphatic heterocycles. The Morgan fingerprint density at radius 2 is 1.75 bits per heavy atom. The highest BCUT2D eigenvalue weighted by Crippen LogP contribution is 2.36. The summed E-state index contributed by atoms with van der Waals surface area (Å²) >= 11 is 3.37. The van der Waals surface area contributed by atoms with Gasteiger partial charge in [0.25, 0.3) is 0 Å². The maximum absolute atomic E-state index is 12.3. The summed E-state index contributed by atoms with van der Waals surface area (Å²) in [4.78, 5) is 23.6. The van der Waals surface area contributed by atoms with Crippen LogP contribution in [0.3, 0.4) is 0 Å². The number of hydrogen-bond donors (Lipinski definition) is 0. The second-order valence-electron chi connectivity index (χ2n) is 4.89. The van der Waals surface area contributed by atoms with E-state index in [0.717, 1.165) is 0 Å². The molecule has 0 N–H and O–H groups in total. The van der Waals surface area contributed by atoms with Crippen molar-refractivity contribution in [3.63, 3.8) is 0 Å². The normalized spacial score (nSPS) is 10.2. The number of Topliss-reactive ketones (excluding diaryl/α,β-unsaturated/α-hetero) is 1. The SMILES string of the molecule is CCOc1c(Br)cc(C(=O)Oc2ccc(C(C)=O)cc2)cc1OC. The van der Waals surface area contributed by atoms with E-state index < -0.39 is 5.97 Å². The van der Waals surface area contributed by atoms with Gasteiger partial charge in [0.2, 0.25) is 0 Å². The third-order valence-corrected chi connectivity index (χ3v) is 3.81. The van der Waals surface area contributed by atoms with E-state index in [1.54, 1.807) is 36.4 Å². The molecule has 24 heavy (non-hydrogen) atoms. The molecule has 0 heterocycles. The lowest BCUT2D eigenvalue weighted by atomic mass is 10.1. The van der Waals surface area contributed by atoms with Crippen LogP contribution in [0.25, 0.3) is 0 Å². The van der Waals surface area contributed by atoms with Crippen molar-refractivity contribution >= 4 is 27.7 Å². The first kappa shape index (κ1) is 18.0. The van der Waals surface area contributed by atoms with E-state index in [0.29, 0.717) is 39.5 Å². The van der Waals surface area contributed by atoms with Crippen LogP contribution in [0.2, 0.25) is 0 Å². The van der Waals surface area contributed by atoms with Crippen LogP contribution < -0.4 is 14.2 Å². The number of hydrogen-bond acceptors (Lipinski definition) is 5. The summed E-state index contributed by atoms with van der Waals surface area (Å²) in [6.07, 6.45) is 0. The fourth-order valence-corrected chi connectivity index (χ4v) is 2.60. The quantitative estimate of drug-likeness (QED) is 0.417. The number of carbonyl (C=O) groups excluding carboxylic acids is 2. The first-order valence-electron chi connectivity index (χ1n) is 7.29. The summed E-state index contributed by atoms with van der Waals surface area (Å²) in [5, 5.41) is 0. The molecule has 126 valence electrons. The zero-order chi connectivity index (χ0) is 17.7. The van der Waals surface area contributed by atoms with Crippen molar-refractivity contribution in [2.75, 3.05) is 13.7 Å². The van der Waals surface area contributed by atoms with Crippen LogP contribution in [0.15, 0.2) is 40.9 Å². The second-order valence-corrected chi connectivity index (χ2v) is 5.75. The van der Waals surface area contributed by atoms with Crippen molar-refractivity contribution in [1.82, 2.24) is 0 Å². The van der Waals surface area contributed by atoms with E-state index in [-0.39, 0.29) is 5.78 Å². The van der Waals surface area contributed by atoms with Crippen LogP contribution in [0, 0.1) is 0 Å². The highest BCUT2D eigenvalue weighted by atomic mass is 79.9. The Hall–Kier alpha value is -2.34. The lowest BCUT2D eigenvalue weighted by molar-refractivity contribution is 0.0734. The van der Waals surface area contributed by atoms with E-state index in [4.69, 9.17) is 14.2 Å². The van der Waals surface area contributed by atoms with Gasteiger partial charge in [0, 0.05) is 5.56 Å². The minimum absolute atomic E-state index is 0.0481. The van der Waals surface area contributed by atoms with Crippen LogP contribution in [0.4, 0.5) is 0 Å². The minimum atomic E-state index is -0.535. The number of methoxy groups -OCH3 is 1. The van der Waals surface area contributed by atoms with Gasteiger partial charge < -0.3 is 14.2 Å². The maximum Gasteiger partial charge on any atom is 0.343 e. The largest absolute Gasteiger partial charge is 0.493 e. The molecule has 2 rings (SSSR count). The van der Waals surface area contributed by atoms with E-state index in [9.17, 15) is 9.59 Å². The highest BCUT2D eigenvalue weighted by Gasteiger charge is 2.17. The highest BCUT2D eigenvalue weighted by molar-refractivity contribution is 9.10. The number of rotatable bonds is 6. The lowest BCUT2D eigenvalue weighted by Gasteiger charge is -2.13. The van der Waals surface area contributed by atoms with Gasteiger partial charge in [-0.15, -0.1) is 0 Å². The molecule has 0 saturated carbocycles. The Kier molecular flexibility index (Phi) is 5.98. The van der Waals surface area contributed by atoms with Crippen LogP contribution in [-0.2, 0) is 0 Å². The molecule has 0 spiro atoms. The molecular weight excluding hydrogens is 376 g/mol. The van der Waals surface area contributed by atoms with Gasteiger partial charge in [-0.3, -0.25) is 4.79 Å². The molecule has 0 amide bonds. The molecule has 0 aliphatic carbocycles. The molecule has 2 aromatic carbocycles. The van der Waals surface area contributed by atoms with Gasteiger partial charge in [0.1, 0.15) is 5.75 Å². The zero-order valence-electron chi connectivity index (χ0n) is 13.6. The Morgan fingerprint density at radius 1 is 1.08 bits per heavy atom. The smallest absolute Gasteiger partial charge is 0.343 e. The predicted octanol–water partition coefficient (Wildman–Crippen LogP) is 4.28. The van der Waals surface area contributed by atoms with Crippen molar-refractivity contribution in [3.05, 3.63) is 52.0 Å². The average Bonchev–Trinajstić information content (AvgIpc) is 2.57. The average molecular weight is 393 g/mol. The first-order valence-corrected chi connectivity index (χ1v) is 8.09. The molecule has 0 aliphatic rings. The first-order chi connectivity index (χ1) is 11.5. The Balaban J connectivity index is 2.23. The molecule has 0 aromatic heterocycles. The summed E-state index contributed by atoms with van der Waals surface area (Å²) in [6.45, 7) is 3.81. The lowest BCUT2D eigenvalue weighted by Crippen LogP contribution is -2.09. The van der Waals surface area contributed by atoms with E-state index in [1.807, 2.05) is 6.92 Å². The number of halogens is 1. The third kappa shape index (κ3) is 4.14. The summed E-state index contributed by atoms with van der Waals surface area (Å²) < 4.78 is 16.7. The van der Waals surface area contributed by atoms with Crippen molar-refractivity contribution in [1.29, 1.82) is 0 Å². The molecule has 0 radical (unpaired) electrons. The van der Waals surface area contributed by atoms with Crippen molar-refractivity contribution in [3.8, 4) is 17.2 Å². The summed E-state index contributed by atoms with van der Waals surface area (Å²) in [7, 11) is 1.50. The zero-order valence-corrected chi connectivity index (χ0v) is 15.2. The molecule has 2 aromatic rings. The Bertz CT molecular complexity index is 753. The molecule has 0 unspecified atom stereocenters. The Labute approximate surface area is 148 Å². The fraction of sp³-hybridized carbons (Fsp3) is 0.222. The molecule has 6 heteroatoms. The van der Waals surface area contributed by atoms with Gasteiger partial charge in [0.05, 0.1) is 23.8 Å².